The van der Waals surface area contributed by atoms with Crippen LogP contribution < -0.4 is 35.2 Å². The first kappa shape index (κ1) is 21.4. The fraction of sp³-hybridized carbons (Fsp3) is 0.100. The molecule has 24 heavy (non-hydrogen) atoms. The van der Waals surface area contributed by atoms with E-state index in [4.69, 9.17) is 0 Å². The zero-order valence-corrected chi connectivity index (χ0v) is 19.7. The Morgan fingerprint density at radius 2 is 1.50 bits per heavy atom. The predicted molar refractivity (Wildman–Crippen MR) is 94.7 cm³/mol. The van der Waals surface area contributed by atoms with Gasteiger partial charge in [0, 0.05) is 0 Å². The normalized spacial score (nSPS) is 10.3. The number of hydrogen-bond donors (Lipinski definition) is 0. The van der Waals surface area contributed by atoms with Gasteiger partial charge >= 0.3 is 25.8 Å². The number of hydrogen-bond acceptors (Lipinski definition) is 0. The van der Waals surface area contributed by atoms with E-state index >= 15 is 0 Å². The quantitative estimate of drug-likeness (QED) is 0.206. The maximum Gasteiger partial charge on any atom is 4.00 e. The van der Waals surface area contributed by atoms with Crippen LogP contribution in [0.2, 0.25) is 6.55 Å². The van der Waals surface area contributed by atoms with E-state index in [0.29, 0.717) is 0 Å². The molecule has 0 unspecified atom stereocenters. The zero-order valence-electron chi connectivity index (χ0n) is 13.6. The van der Waals surface area contributed by atoms with Crippen LogP contribution in [-0.2, 0) is 25.8 Å². The Hall–Kier alpha value is -0.673. The molecule has 0 saturated carbocycles. The fourth-order valence-electron chi connectivity index (χ4n) is 3.29. The van der Waals surface area contributed by atoms with Crippen molar-refractivity contribution in [1.29, 1.82) is 0 Å². The zero-order chi connectivity index (χ0) is 14.4. The number of halogens is 2. The number of rotatable bonds is 2. The minimum absolute atomic E-state index is 0. The van der Waals surface area contributed by atoms with Crippen molar-refractivity contribution >= 4 is 40.7 Å². The van der Waals surface area contributed by atoms with Gasteiger partial charge in [0.05, 0.1) is 8.80 Å². The van der Waals surface area contributed by atoms with Gasteiger partial charge in [-0.05, 0) is 0 Å². The Bertz CT molecular complexity index is 906. The molecule has 0 N–H and O–H groups in total. The third kappa shape index (κ3) is 3.62. The summed E-state index contributed by atoms with van der Waals surface area (Å²) in [5, 5.41) is 8.59. The second-order valence-electron chi connectivity index (χ2n) is 5.77. The first-order valence-corrected chi connectivity index (χ1v) is 9.39. The summed E-state index contributed by atoms with van der Waals surface area (Å²) in [5.74, 6) is 0. The van der Waals surface area contributed by atoms with Crippen LogP contribution in [0.4, 0.5) is 0 Å². The molecule has 0 aliphatic carbocycles. The number of benzene rings is 2. The molecule has 1 radical (unpaired) electrons. The van der Waals surface area contributed by atoms with Crippen LogP contribution in [0.3, 0.4) is 0 Å². The van der Waals surface area contributed by atoms with Crippen molar-refractivity contribution in [2.45, 2.75) is 13.5 Å². The Morgan fingerprint density at radius 1 is 0.875 bits per heavy atom. The Balaban J connectivity index is 0.000000960. The summed E-state index contributed by atoms with van der Waals surface area (Å²) in [6.45, 7) is 4.69. The van der Waals surface area contributed by atoms with E-state index in [0.717, 1.165) is 0 Å². The molecule has 4 aromatic carbocycles. The molecule has 0 spiro atoms. The van der Waals surface area contributed by atoms with Crippen molar-refractivity contribution in [2.24, 2.45) is 0 Å². The first-order valence-electron chi connectivity index (χ1n) is 7.39. The van der Waals surface area contributed by atoms with Gasteiger partial charge in [-0.1, -0.05) is 25.6 Å². The second kappa shape index (κ2) is 8.62. The van der Waals surface area contributed by atoms with E-state index in [-0.39, 0.29) is 50.7 Å². The standard InChI is InChI=1S/C20H17Si.2ClH.Hf/c1-14-19-10-6-5-9-17(19)13-20(14)21(2)18-11-15-7-3-4-8-16(15)12-18;;;/h3-13H,1-2H3;2*1H;/q-2;;;+4/p-2. The molecule has 0 amide bonds. The van der Waals surface area contributed by atoms with E-state index in [1.165, 1.54) is 32.3 Å². The molecule has 4 aromatic rings. The summed E-state index contributed by atoms with van der Waals surface area (Å²) in [5.41, 5.74) is 1.47. The Labute approximate surface area is 176 Å². The third-order valence-corrected chi connectivity index (χ3v) is 7.01. The topological polar surface area (TPSA) is 0 Å². The molecule has 0 atom stereocenters. The van der Waals surface area contributed by atoms with Crippen LogP contribution in [0, 0.1) is 6.92 Å². The summed E-state index contributed by atoms with van der Waals surface area (Å²) in [6.07, 6.45) is 0. The van der Waals surface area contributed by atoms with Crippen LogP contribution in [0.25, 0.3) is 21.5 Å². The largest absolute Gasteiger partial charge is 4.00 e. The van der Waals surface area contributed by atoms with E-state index < -0.39 is 8.80 Å². The van der Waals surface area contributed by atoms with E-state index in [2.05, 4.69) is 80.2 Å². The smallest absolute Gasteiger partial charge is 1.00 e. The predicted octanol–water partition coefficient (Wildman–Crippen LogP) is -2.02. The molecule has 0 fully saturated rings. The molecule has 0 nitrogen and oxygen atoms in total. The molecule has 0 heterocycles. The molecule has 0 aromatic heterocycles. The molecule has 0 aliphatic rings. The molecule has 119 valence electrons. The second-order valence-corrected chi connectivity index (χ2v) is 8.13. The Kier molecular flexibility index (Phi) is 7.67. The average molecular weight is 535 g/mol. The molecule has 0 saturated heterocycles. The summed E-state index contributed by atoms with van der Waals surface area (Å²) >= 11 is 0. The summed E-state index contributed by atoms with van der Waals surface area (Å²) in [4.78, 5) is 0. The summed E-state index contributed by atoms with van der Waals surface area (Å²) < 4.78 is 0. The monoisotopic (exact) mass is 535 g/mol. The van der Waals surface area contributed by atoms with Crippen LogP contribution >= 0.6 is 0 Å². The van der Waals surface area contributed by atoms with Crippen LogP contribution in [-0.4, -0.2) is 8.80 Å². The Morgan fingerprint density at radius 3 is 2.17 bits per heavy atom. The SMILES string of the molecule is C[c-]1c([Si](C)c2cc3ccccc3[cH-]2)cc2ccccc21.[Cl-].[Cl-].[Hf+4]. The molecule has 0 bridgehead atoms. The molecule has 4 heteroatoms. The van der Waals surface area contributed by atoms with Crippen molar-refractivity contribution in [3.8, 4) is 0 Å². The van der Waals surface area contributed by atoms with Gasteiger partial charge in [0.1, 0.15) is 0 Å². The van der Waals surface area contributed by atoms with Gasteiger partial charge in [0.15, 0.2) is 0 Å². The fourth-order valence-corrected chi connectivity index (χ4v) is 5.41. The van der Waals surface area contributed by atoms with Crippen molar-refractivity contribution in [3.63, 3.8) is 0 Å². The molecular formula is C20H17Cl2HfSi. The van der Waals surface area contributed by atoms with Crippen molar-refractivity contribution in [3.05, 3.63) is 72.3 Å². The summed E-state index contributed by atoms with van der Waals surface area (Å²) in [7, 11) is -0.697. The minimum atomic E-state index is -0.697. The maximum atomic E-state index is 2.42. The third-order valence-electron chi connectivity index (χ3n) is 4.52. The molecular weight excluding hydrogens is 518 g/mol. The van der Waals surface area contributed by atoms with Gasteiger partial charge in [0.2, 0.25) is 0 Å². The van der Waals surface area contributed by atoms with Crippen molar-refractivity contribution in [2.75, 3.05) is 0 Å². The van der Waals surface area contributed by atoms with Gasteiger partial charge in [-0.15, -0.1) is 74.6 Å². The van der Waals surface area contributed by atoms with Crippen LogP contribution in [0.1, 0.15) is 5.56 Å². The van der Waals surface area contributed by atoms with Crippen LogP contribution in [0.5, 0.6) is 0 Å². The molecule has 4 rings (SSSR count). The maximum absolute atomic E-state index is 2.42. The van der Waals surface area contributed by atoms with Crippen molar-refractivity contribution in [1.82, 2.24) is 0 Å². The van der Waals surface area contributed by atoms with Crippen molar-refractivity contribution < 1.29 is 50.7 Å². The summed E-state index contributed by atoms with van der Waals surface area (Å²) in [6, 6.07) is 24.5. The first-order chi connectivity index (χ1) is 10.2. The van der Waals surface area contributed by atoms with Gasteiger partial charge in [-0.25, -0.2) is 0 Å². The van der Waals surface area contributed by atoms with Gasteiger partial charge in [0.25, 0.3) is 0 Å². The van der Waals surface area contributed by atoms with E-state index in [1.807, 2.05) is 0 Å². The van der Waals surface area contributed by atoms with E-state index in [1.54, 1.807) is 5.19 Å². The average Bonchev–Trinajstić information content (AvgIpc) is 3.08. The van der Waals surface area contributed by atoms with Gasteiger partial charge in [-0.3, -0.25) is 0 Å². The molecule has 0 aliphatic heterocycles. The minimum Gasteiger partial charge on any atom is -1.00 e. The van der Waals surface area contributed by atoms with Crippen LogP contribution in [0.15, 0.2) is 66.7 Å². The number of fused-ring (bicyclic) bond motifs is 2. The number of aryl methyl sites for hydroxylation is 1. The van der Waals surface area contributed by atoms with Gasteiger partial charge < -0.3 is 24.8 Å². The van der Waals surface area contributed by atoms with E-state index in [9.17, 15) is 0 Å². The van der Waals surface area contributed by atoms with Gasteiger partial charge in [-0.2, -0.15) is 17.5 Å².